The van der Waals surface area contributed by atoms with E-state index in [0.717, 1.165) is 50.3 Å². The quantitative estimate of drug-likeness (QED) is 0.178. The van der Waals surface area contributed by atoms with Gasteiger partial charge in [0.1, 0.15) is 5.58 Å². The van der Waals surface area contributed by atoms with E-state index < -0.39 is 0 Å². The number of furan rings is 1. The summed E-state index contributed by atoms with van der Waals surface area (Å²) >= 11 is 0. The fraction of sp³-hybridized carbons (Fsp3) is 0. The Morgan fingerprint density at radius 2 is 0.961 bits per heavy atom. The third kappa shape index (κ3) is 4.90. The highest BCUT2D eigenvalue weighted by atomic mass is 16.3. The number of nitrogens with zero attached hydrogens (tertiary/aromatic N) is 2. The van der Waals surface area contributed by atoms with Crippen LogP contribution in [0.4, 0.5) is 17.1 Å². The number of rotatable bonds is 6. The first-order chi connectivity index (χ1) is 25.3. The molecule has 0 saturated heterocycles. The highest BCUT2D eigenvalue weighted by Crippen LogP contribution is 2.43. The summed E-state index contributed by atoms with van der Waals surface area (Å²) in [6.45, 7) is 0. The first kappa shape index (κ1) is 29.1. The molecule has 3 nitrogen and oxygen atoms in total. The zero-order chi connectivity index (χ0) is 33.7. The Bertz CT molecular complexity index is 2830. The Kier molecular flexibility index (Phi) is 6.81. The minimum absolute atomic E-state index is 0.861. The van der Waals surface area contributed by atoms with E-state index in [9.17, 15) is 0 Å². The van der Waals surface area contributed by atoms with Crippen LogP contribution in [0.25, 0.3) is 71.7 Å². The number of hydrogen-bond donors (Lipinski definition) is 0. The zero-order valence-electron chi connectivity index (χ0n) is 27.8. The average molecular weight is 653 g/mol. The Balaban J connectivity index is 1.11. The molecule has 0 amide bonds. The number of para-hydroxylation sites is 4. The Labute approximate surface area is 295 Å². The zero-order valence-corrected chi connectivity index (χ0v) is 27.8. The van der Waals surface area contributed by atoms with Crippen LogP contribution in [0.5, 0.6) is 0 Å². The van der Waals surface area contributed by atoms with Gasteiger partial charge in [-0.3, -0.25) is 0 Å². The molecule has 0 fully saturated rings. The van der Waals surface area contributed by atoms with Gasteiger partial charge in [0.2, 0.25) is 0 Å². The molecule has 10 aromatic rings. The van der Waals surface area contributed by atoms with Crippen LogP contribution in [0.15, 0.2) is 199 Å². The van der Waals surface area contributed by atoms with Crippen molar-refractivity contribution in [1.82, 2.24) is 4.57 Å². The summed E-state index contributed by atoms with van der Waals surface area (Å²) in [6.07, 6.45) is 0. The molecule has 0 aliphatic rings. The minimum atomic E-state index is 0.861. The van der Waals surface area contributed by atoms with Gasteiger partial charge in [-0.05, 0) is 89.0 Å². The van der Waals surface area contributed by atoms with Crippen molar-refractivity contribution in [1.29, 1.82) is 0 Å². The fourth-order valence-electron chi connectivity index (χ4n) is 7.58. The molecule has 0 spiro atoms. The van der Waals surface area contributed by atoms with Gasteiger partial charge in [-0.2, -0.15) is 0 Å². The number of anilines is 3. The van der Waals surface area contributed by atoms with Crippen LogP contribution in [0.1, 0.15) is 0 Å². The maximum atomic E-state index is 6.73. The van der Waals surface area contributed by atoms with E-state index in [4.69, 9.17) is 4.42 Å². The summed E-state index contributed by atoms with van der Waals surface area (Å²) in [5, 5.41) is 4.69. The van der Waals surface area contributed by atoms with Crippen molar-refractivity contribution in [3.63, 3.8) is 0 Å². The maximum Gasteiger partial charge on any atom is 0.159 e. The lowest BCUT2D eigenvalue weighted by Crippen LogP contribution is -2.10. The van der Waals surface area contributed by atoms with E-state index in [1.807, 2.05) is 0 Å². The van der Waals surface area contributed by atoms with Crippen molar-refractivity contribution in [3.8, 4) is 27.9 Å². The lowest BCUT2D eigenvalue weighted by atomic mass is 10.0. The largest absolute Gasteiger partial charge is 0.454 e. The summed E-state index contributed by atoms with van der Waals surface area (Å²) < 4.78 is 9.10. The van der Waals surface area contributed by atoms with E-state index in [0.29, 0.717) is 0 Å². The second-order valence-electron chi connectivity index (χ2n) is 13.0. The smallest absolute Gasteiger partial charge is 0.159 e. The summed E-state index contributed by atoms with van der Waals surface area (Å²) in [6, 6.07) is 69.0. The maximum absolute atomic E-state index is 6.73. The van der Waals surface area contributed by atoms with Crippen LogP contribution in [0.2, 0.25) is 0 Å². The summed E-state index contributed by atoms with van der Waals surface area (Å²) in [7, 11) is 0. The molecule has 3 heteroatoms. The SMILES string of the molecule is c1ccc(-c2ccc(N(c3ccccc3)c3cccc4c3oc3ccc(-c5ccc6c7ccccc7n(-c7ccccc7)c6c5)cc34)cc2)cc1. The third-order valence-electron chi connectivity index (χ3n) is 9.99. The molecule has 2 heterocycles. The van der Waals surface area contributed by atoms with Crippen molar-refractivity contribution < 1.29 is 4.42 Å². The molecule has 0 aliphatic heterocycles. The van der Waals surface area contributed by atoms with Crippen molar-refractivity contribution in [2.24, 2.45) is 0 Å². The minimum Gasteiger partial charge on any atom is -0.454 e. The van der Waals surface area contributed by atoms with Gasteiger partial charge < -0.3 is 13.9 Å². The number of hydrogen-bond acceptors (Lipinski definition) is 2. The fourth-order valence-corrected chi connectivity index (χ4v) is 7.58. The highest BCUT2D eigenvalue weighted by molar-refractivity contribution is 6.13. The van der Waals surface area contributed by atoms with Gasteiger partial charge in [0, 0.05) is 38.6 Å². The molecule has 51 heavy (non-hydrogen) atoms. The molecule has 0 bridgehead atoms. The third-order valence-corrected chi connectivity index (χ3v) is 9.99. The van der Waals surface area contributed by atoms with Gasteiger partial charge >= 0.3 is 0 Å². The van der Waals surface area contributed by atoms with Crippen LogP contribution in [-0.2, 0) is 0 Å². The molecular weight excluding hydrogens is 621 g/mol. The van der Waals surface area contributed by atoms with Crippen molar-refractivity contribution >= 4 is 60.8 Å². The molecule has 8 aromatic carbocycles. The Morgan fingerprint density at radius 3 is 1.76 bits per heavy atom. The summed E-state index contributed by atoms with van der Waals surface area (Å²) in [5.74, 6) is 0. The number of benzene rings is 8. The molecule has 0 saturated carbocycles. The first-order valence-electron chi connectivity index (χ1n) is 17.4. The Morgan fingerprint density at radius 1 is 0.373 bits per heavy atom. The standard InChI is InChI=1S/C48H32N2O/c1-4-13-33(14-5-1)34-23-27-39(28-24-34)49(37-15-6-2-7-16-37)45-22-12-20-42-43-31-35(26-30-47(43)51-48(42)45)36-25-29-41-40-19-10-11-21-44(40)50(46(41)32-36)38-17-8-3-9-18-38/h1-32H. The van der Waals surface area contributed by atoms with Gasteiger partial charge in [0.25, 0.3) is 0 Å². The predicted molar refractivity (Wildman–Crippen MR) is 214 cm³/mol. The molecule has 0 atom stereocenters. The second kappa shape index (κ2) is 11.9. The van der Waals surface area contributed by atoms with Gasteiger partial charge in [-0.25, -0.2) is 0 Å². The van der Waals surface area contributed by atoms with E-state index in [1.165, 1.54) is 38.5 Å². The van der Waals surface area contributed by atoms with Crippen LogP contribution in [0, 0.1) is 0 Å². The normalized spacial score (nSPS) is 11.5. The summed E-state index contributed by atoms with van der Waals surface area (Å²) in [4.78, 5) is 2.29. The molecule has 0 unspecified atom stereocenters. The van der Waals surface area contributed by atoms with Crippen molar-refractivity contribution in [3.05, 3.63) is 194 Å². The van der Waals surface area contributed by atoms with Gasteiger partial charge in [-0.15, -0.1) is 0 Å². The molecule has 10 rings (SSSR count). The molecular formula is C48H32N2O. The van der Waals surface area contributed by atoms with Gasteiger partial charge in [0.05, 0.1) is 16.7 Å². The summed E-state index contributed by atoms with van der Waals surface area (Å²) in [5.41, 5.74) is 13.1. The van der Waals surface area contributed by atoms with Gasteiger partial charge in [-0.1, -0.05) is 127 Å². The van der Waals surface area contributed by atoms with Crippen molar-refractivity contribution in [2.45, 2.75) is 0 Å². The van der Waals surface area contributed by atoms with Crippen LogP contribution < -0.4 is 4.90 Å². The monoisotopic (exact) mass is 652 g/mol. The molecule has 0 N–H and O–H groups in total. The van der Waals surface area contributed by atoms with Crippen molar-refractivity contribution in [2.75, 3.05) is 4.90 Å². The van der Waals surface area contributed by atoms with Crippen LogP contribution in [0.3, 0.4) is 0 Å². The topological polar surface area (TPSA) is 21.3 Å². The van der Waals surface area contributed by atoms with Gasteiger partial charge in [0.15, 0.2) is 5.58 Å². The van der Waals surface area contributed by atoms with Crippen LogP contribution in [-0.4, -0.2) is 4.57 Å². The first-order valence-corrected chi connectivity index (χ1v) is 17.4. The van der Waals surface area contributed by atoms with E-state index in [-0.39, 0.29) is 0 Å². The number of fused-ring (bicyclic) bond motifs is 6. The van der Waals surface area contributed by atoms with Crippen LogP contribution >= 0.6 is 0 Å². The molecule has 2 aromatic heterocycles. The molecule has 0 radical (unpaired) electrons. The molecule has 0 aliphatic carbocycles. The second-order valence-corrected chi connectivity index (χ2v) is 13.0. The highest BCUT2D eigenvalue weighted by Gasteiger charge is 2.20. The molecule has 240 valence electrons. The van der Waals surface area contributed by atoms with E-state index >= 15 is 0 Å². The average Bonchev–Trinajstić information content (AvgIpc) is 3.75. The Hall–Kier alpha value is -6.84. The van der Waals surface area contributed by atoms with E-state index in [2.05, 4.69) is 204 Å². The van der Waals surface area contributed by atoms with E-state index in [1.54, 1.807) is 0 Å². The predicted octanol–water partition coefficient (Wildman–Crippen LogP) is 13.5. The number of aromatic nitrogens is 1. The lowest BCUT2D eigenvalue weighted by molar-refractivity contribution is 0.669. The lowest BCUT2D eigenvalue weighted by Gasteiger charge is -2.25.